The van der Waals surface area contributed by atoms with E-state index in [-0.39, 0.29) is 16.8 Å². The van der Waals surface area contributed by atoms with Crippen LogP contribution in [0.4, 0.5) is 4.39 Å². The lowest BCUT2D eigenvalue weighted by molar-refractivity contribution is 0.311. The van der Waals surface area contributed by atoms with Gasteiger partial charge in [-0.15, -0.1) is 0 Å². The molecule has 112 valence electrons. The first-order chi connectivity index (χ1) is 9.74. The van der Waals surface area contributed by atoms with Crippen LogP contribution in [0.1, 0.15) is 5.56 Å². The molecule has 0 fully saturated rings. The van der Waals surface area contributed by atoms with E-state index in [1.54, 1.807) is 6.07 Å². The van der Waals surface area contributed by atoms with Crippen LogP contribution in [0.15, 0.2) is 30.3 Å². The average molecular weight is 350 g/mol. The molecule has 0 N–H and O–H groups in total. The third-order valence-electron chi connectivity index (χ3n) is 2.51. The van der Waals surface area contributed by atoms with Gasteiger partial charge >= 0.3 is 0 Å². The van der Waals surface area contributed by atoms with Crippen molar-refractivity contribution in [2.24, 2.45) is 0 Å². The van der Waals surface area contributed by atoms with Gasteiger partial charge in [-0.25, -0.2) is 9.37 Å². The molecular weight excluding hydrogens is 340 g/mol. The zero-order valence-corrected chi connectivity index (χ0v) is 13.1. The summed E-state index contributed by atoms with van der Waals surface area (Å²) in [6, 6.07) is 7.22. The van der Waals surface area contributed by atoms with Crippen LogP contribution in [0.25, 0.3) is 11.3 Å². The Labute approximate surface area is 131 Å². The number of hydrogen-bond acceptors (Lipinski definition) is 4. The molecule has 0 spiro atoms. The molecule has 4 nitrogen and oxygen atoms in total. The molecule has 21 heavy (non-hydrogen) atoms. The minimum Gasteiger partial charge on any atom is -0.265 e. The van der Waals surface area contributed by atoms with Gasteiger partial charge < -0.3 is 0 Å². The zero-order valence-electron chi connectivity index (χ0n) is 10.8. The van der Waals surface area contributed by atoms with Gasteiger partial charge in [0.2, 0.25) is 0 Å². The Kier molecular flexibility index (Phi) is 4.83. The second-order valence-corrected chi connectivity index (χ2v) is 6.72. The quantitative estimate of drug-likeness (QED) is 0.624. The summed E-state index contributed by atoms with van der Waals surface area (Å²) < 4.78 is 39.9. The molecule has 0 radical (unpaired) electrons. The maximum Gasteiger partial charge on any atom is 0.264 e. The topological polar surface area (TPSA) is 56.3 Å². The third kappa shape index (κ3) is 4.64. The number of pyridine rings is 1. The van der Waals surface area contributed by atoms with Gasteiger partial charge in [-0.2, -0.15) is 8.42 Å². The fraction of sp³-hybridized carbons (Fsp3) is 0.154. The van der Waals surface area contributed by atoms with Crippen LogP contribution in [0, 0.1) is 5.82 Å². The van der Waals surface area contributed by atoms with Crippen LogP contribution in [0.5, 0.6) is 0 Å². The molecule has 0 saturated heterocycles. The Morgan fingerprint density at radius 3 is 2.57 bits per heavy atom. The standard InChI is InChI=1S/C13H10Cl2FNO3S/c1-21(18,19)20-7-8-4-12(17-13(15)5-8)9-2-3-11(16)10(14)6-9/h2-6H,7H2,1H3. The normalized spacial score (nSPS) is 11.6. The second-order valence-electron chi connectivity index (χ2n) is 4.28. The van der Waals surface area contributed by atoms with Gasteiger partial charge in [0.1, 0.15) is 11.0 Å². The van der Waals surface area contributed by atoms with Crippen LogP contribution in [0.3, 0.4) is 0 Å². The molecule has 1 aromatic heterocycles. The maximum atomic E-state index is 13.2. The fourth-order valence-electron chi connectivity index (χ4n) is 1.61. The summed E-state index contributed by atoms with van der Waals surface area (Å²) in [5.41, 5.74) is 1.52. The van der Waals surface area contributed by atoms with E-state index in [9.17, 15) is 12.8 Å². The van der Waals surface area contributed by atoms with E-state index in [4.69, 9.17) is 27.4 Å². The van der Waals surface area contributed by atoms with Crippen molar-refractivity contribution in [3.05, 3.63) is 51.9 Å². The Morgan fingerprint density at radius 1 is 1.24 bits per heavy atom. The Hall–Kier alpha value is -1.21. The predicted octanol–water partition coefficient (Wildman–Crippen LogP) is 3.67. The fourth-order valence-corrected chi connectivity index (χ4v) is 2.37. The van der Waals surface area contributed by atoms with E-state index in [2.05, 4.69) is 4.98 Å². The number of aromatic nitrogens is 1. The first kappa shape index (κ1) is 16.2. The van der Waals surface area contributed by atoms with Gasteiger partial charge in [0.15, 0.2) is 0 Å². The van der Waals surface area contributed by atoms with E-state index < -0.39 is 15.9 Å². The molecule has 2 aromatic rings. The van der Waals surface area contributed by atoms with Crippen LogP contribution >= 0.6 is 23.2 Å². The molecule has 0 bridgehead atoms. The molecule has 0 aliphatic carbocycles. The van der Waals surface area contributed by atoms with Crippen molar-refractivity contribution >= 4 is 33.3 Å². The van der Waals surface area contributed by atoms with Crippen molar-refractivity contribution in [3.63, 3.8) is 0 Å². The molecule has 0 aliphatic heterocycles. The molecule has 8 heteroatoms. The first-order valence-corrected chi connectivity index (χ1v) is 8.28. The van der Waals surface area contributed by atoms with Gasteiger partial charge in [0.25, 0.3) is 10.1 Å². The Morgan fingerprint density at radius 2 is 1.95 bits per heavy atom. The molecule has 2 rings (SSSR count). The van der Waals surface area contributed by atoms with Gasteiger partial charge in [-0.05, 0) is 35.9 Å². The number of halogens is 3. The number of hydrogen-bond donors (Lipinski definition) is 0. The molecular formula is C13H10Cl2FNO3S. The third-order valence-corrected chi connectivity index (χ3v) is 3.54. The van der Waals surface area contributed by atoms with Gasteiger partial charge in [0.05, 0.1) is 23.6 Å². The summed E-state index contributed by atoms with van der Waals surface area (Å²) in [5, 5.41) is 0.128. The van der Waals surface area contributed by atoms with Crippen LogP contribution in [0.2, 0.25) is 10.2 Å². The highest BCUT2D eigenvalue weighted by atomic mass is 35.5. The van der Waals surface area contributed by atoms with Crippen LogP contribution in [-0.2, 0) is 20.9 Å². The highest BCUT2D eigenvalue weighted by Crippen LogP contribution is 2.26. The van der Waals surface area contributed by atoms with Gasteiger partial charge in [-0.1, -0.05) is 23.2 Å². The van der Waals surface area contributed by atoms with E-state index in [0.717, 1.165) is 6.26 Å². The summed E-state index contributed by atoms with van der Waals surface area (Å²) >= 11 is 11.6. The smallest absolute Gasteiger partial charge is 0.264 e. The summed E-state index contributed by atoms with van der Waals surface area (Å²) in [7, 11) is -3.56. The van der Waals surface area contributed by atoms with Gasteiger partial charge in [0, 0.05) is 5.56 Å². The molecule has 1 heterocycles. The average Bonchev–Trinajstić information content (AvgIpc) is 2.38. The lowest BCUT2D eigenvalue weighted by Gasteiger charge is -2.07. The number of nitrogens with zero attached hydrogens (tertiary/aromatic N) is 1. The van der Waals surface area contributed by atoms with Crippen molar-refractivity contribution in [2.45, 2.75) is 6.61 Å². The minimum atomic E-state index is -3.56. The maximum absolute atomic E-state index is 13.2. The summed E-state index contributed by atoms with van der Waals surface area (Å²) in [5.74, 6) is -0.539. The lowest BCUT2D eigenvalue weighted by Crippen LogP contribution is -2.03. The summed E-state index contributed by atoms with van der Waals surface area (Å²) in [4.78, 5) is 4.10. The highest BCUT2D eigenvalue weighted by Gasteiger charge is 2.09. The van der Waals surface area contributed by atoms with E-state index in [1.807, 2.05) is 0 Å². The summed E-state index contributed by atoms with van der Waals surface area (Å²) in [6.45, 7) is -0.164. The van der Waals surface area contributed by atoms with Crippen molar-refractivity contribution < 1.29 is 17.0 Å². The van der Waals surface area contributed by atoms with Gasteiger partial charge in [-0.3, -0.25) is 4.18 Å². The van der Waals surface area contributed by atoms with Crippen molar-refractivity contribution in [3.8, 4) is 11.3 Å². The zero-order chi connectivity index (χ0) is 15.6. The monoisotopic (exact) mass is 349 g/mol. The van der Waals surface area contributed by atoms with E-state index in [0.29, 0.717) is 16.8 Å². The predicted molar refractivity (Wildman–Crippen MR) is 79.3 cm³/mol. The molecule has 0 saturated carbocycles. The van der Waals surface area contributed by atoms with Crippen LogP contribution < -0.4 is 0 Å². The largest absolute Gasteiger partial charge is 0.265 e. The van der Waals surface area contributed by atoms with E-state index >= 15 is 0 Å². The van der Waals surface area contributed by atoms with Crippen molar-refractivity contribution in [1.82, 2.24) is 4.98 Å². The lowest BCUT2D eigenvalue weighted by atomic mass is 10.1. The first-order valence-electron chi connectivity index (χ1n) is 5.71. The Bertz CT molecular complexity index is 781. The summed E-state index contributed by atoms with van der Waals surface area (Å²) in [6.07, 6.45) is 0.955. The SMILES string of the molecule is CS(=O)(=O)OCc1cc(Cl)nc(-c2ccc(F)c(Cl)c2)c1. The van der Waals surface area contributed by atoms with E-state index in [1.165, 1.54) is 24.3 Å². The molecule has 0 aliphatic rings. The minimum absolute atomic E-state index is 0.0387. The number of rotatable bonds is 4. The number of benzene rings is 1. The van der Waals surface area contributed by atoms with Crippen LogP contribution in [-0.4, -0.2) is 19.7 Å². The molecule has 0 unspecified atom stereocenters. The molecule has 1 aromatic carbocycles. The van der Waals surface area contributed by atoms with Crippen molar-refractivity contribution in [1.29, 1.82) is 0 Å². The second kappa shape index (κ2) is 6.27. The molecule has 0 atom stereocenters. The Balaban J connectivity index is 2.36. The van der Waals surface area contributed by atoms with Crippen molar-refractivity contribution in [2.75, 3.05) is 6.26 Å². The highest BCUT2D eigenvalue weighted by molar-refractivity contribution is 7.85. The molecule has 0 amide bonds.